The Morgan fingerprint density at radius 2 is 1.95 bits per heavy atom. The van der Waals surface area contributed by atoms with Crippen LogP contribution in [-0.4, -0.2) is 22.5 Å². The molecule has 1 amide bonds. The summed E-state index contributed by atoms with van der Waals surface area (Å²) in [5, 5.41) is 19.3. The van der Waals surface area contributed by atoms with E-state index in [9.17, 15) is 15.1 Å². The zero-order chi connectivity index (χ0) is 14.8. The van der Waals surface area contributed by atoms with Crippen molar-refractivity contribution in [1.82, 2.24) is 0 Å². The monoisotopic (exact) mass is 287 g/mol. The van der Waals surface area contributed by atoms with Gasteiger partial charge in [-0.1, -0.05) is 30.3 Å². The molecule has 3 rings (SSSR count). The van der Waals surface area contributed by atoms with Crippen LogP contribution in [0.15, 0.2) is 48.5 Å². The molecule has 21 heavy (non-hydrogen) atoms. The van der Waals surface area contributed by atoms with Crippen molar-refractivity contribution in [2.24, 2.45) is 0 Å². The fourth-order valence-electron chi connectivity index (χ4n) is 1.99. The number of rotatable bonds is 3. The number of hydrogen-bond donors (Lipinski definition) is 2. The van der Waals surface area contributed by atoms with E-state index >= 15 is 0 Å². The van der Waals surface area contributed by atoms with Gasteiger partial charge >= 0.3 is 5.91 Å². The molecule has 0 aliphatic carbocycles. The van der Waals surface area contributed by atoms with Crippen LogP contribution in [0.2, 0.25) is 0 Å². The third-order valence-electron chi connectivity index (χ3n) is 3.07. The largest absolute Gasteiger partial charge is 0.489 e. The number of carbonyl (C=O) groups excluding carboxylic acids is 1. The van der Waals surface area contributed by atoms with Gasteiger partial charge in [0, 0.05) is 6.07 Å². The summed E-state index contributed by atoms with van der Waals surface area (Å²) in [6.45, 7) is 0.379. The lowest BCUT2D eigenvalue weighted by Gasteiger charge is -2.27. The van der Waals surface area contributed by atoms with Crippen LogP contribution in [0.4, 0.5) is 5.69 Å². The predicted octanol–water partition coefficient (Wildman–Crippen LogP) is 1.70. The van der Waals surface area contributed by atoms with Crippen LogP contribution >= 0.6 is 0 Å². The van der Waals surface area contributed by atoms with Gasteiger partial charge in [-0.15, -0.1) is 0 Å². The first-order chi connectivity index (χ1) is 10.1. The minimum atomic E-state index is -1.72. The first kappa shape index (κ1) is 13.4. The quantitative estimate of drug-likeness (QED) is 0.840. The number of carbonyl (C=O) groups is 1. The average molecular weight is 287 g/mol. The number of nitrogens with zero attached hydrogens (tertiary/aromatic N) is 1. The first-order valence-electron chi connectivity index (χ1n) is 6.33. The number of hydrogen-bond acceptors (Lipinski definition) is 5. The highest BCUT2D eigenvalue weighted by molar-refractivity contribution is 5.97. The number of anilines is 1. The van der Waals surface area contributed by atoms with Gasteiger partial charge in [-0.2, -0.15) is 5.06 Å². The van der Waals surface area contributed by atoms with E-state index < -0.39 is 12.2 Å². The van der Waals surface area contributed by atoms with Crippen LogP contribution in [0.3, 0.4) is 0 Å². The van der Waals surface area contributed by atoms with Gasteiger partial charge in [0.1, 0.15) is 18.0 Å². The predicted molar refractivity (Wildman–Crippen MR) is 73.1 cm³/mol. The van der Waals surface area contributed by atoms with Gasteiger partial charge < -0.3 is 14.6 Å². The van der Waals surface area contributed by atoms with E-state index in [0.29, 0.717) is 17.4 Å². The maximum atomic E-state index is 11.4. The molecule has 0 saturated carbocycles. The smallest absolute Gasteiger partial charge is 0.320 e. The molecule has 1 aliphatic rings. The molecule has 1 heterocycles. The van der Waals surface area contributed by atoms with Crippen molar-refractivity contribution in [3.63, 3.8) is 0 Å². The van der Waals surface area contributed by atoms with E-state index in [1.165, 1.54) is 12.1 Å². The van der Waals surface area contributed by atoms with E-state index in [1.54, 1.807) is 6.07 Å². The molecule has 2 N–H and O–H groups in total. The maximum Gasteiger partial charge on any atom is 0.320 e. The third kappa shape index (κ3) is 2.67. The summed E-state index contributed by atoms with van der Waals surface area (Å²) >= 11 is 0. The molecule has 0 fully saturated rings. The molecule has 0 bridgehead atoms. The highest BCUT2D eigenvalue weighted by Crippen LogP contribution is 2.35. The number of fused-ring (bicyclic) bond motifs is 1. The van der Waals surface area contributed by atoms with Crippen LogP contribution in [0.25, 0.3) is 0 Å². The lowest BCUT2D eigenvalue weighted by atomic mass is 10.2. The Morgan fingerprint density at radius 1 is 1.19 bits per heavy atom. The minimum Gasteiger partial charge on any atom is -0.489 e. The number of aliphatic hydroxyl groups is 1. The molecule has 0 aromatic heterocycles. The van der Waals surface area contributed by atoms with Crippen molar-refractivity contribution >= 4 is 11.6 Å². The molecule has 2 aromatic rings. The summed E-state index contributed by atoms with van der Waals surface area (Å²) < 4.78 is 10.6. The Labute approximate surface area is 120 Å². The fraction of sp³-hybridized carbons (Fsp3) is 0.133. The van der Waals surface area contributed by atoms with Gasteiger partial charge in [-0.25, -0.2) is 0 Å². The molecule has 6 nitrogen and oxygen atoms in total. The third-order valence-corrected chi connectivity index (χ3v) is 3.07. The van der Waals surface area contributed by atoms with E-state index in [2.05, 4.69) is 0 Å². The molecule has 108 valence electrons. The minimum absolute atomic E-state index is 0.164. The standard InChI is InChI=1S/C15H13NO5/c17-14-15(18)21-13-8-11(6-7-12(13)16(14)19)20-9-10-4-2-1-3-5-10/h1-8,15,18-19H,9H2. The SMILES string of the molecule is O=C1C(O)Oc2cc(OCc3ccccc3)ccc2N1O. The van der Waals surface area contributed by atoms with Crippen molar-refractivity contribution in [3.05, 3.63) is 54.1 Å². The summed E-state index contributed by atoms with van der Waals surface area (Å²) in [6, 6.07) is 14.2. The summed E-state index contributed by atoms with van der Waals surface area (Å²) in [5.74, 6) is -0.247. The Bertz CT molecular complexity index is 658. The number of amides is 1. The fourth-order valence-corrected chi connectivity index (χ4v) is 1.99. The second-order valence-electron chi connectivity index (χ2n) is 4.52. The highest BCUT2D eigenvalue weighted by Gasteiger charge is 2.32. The van der Waals surface area contributed by atoms with E-state index in [-0.39, 0.29) is 11.4 Å². The Kier molecular flexibility index (Phi) is 3.47. The van der Waals surface area contributed by atoms with Gasteiger partial charge in [0.15, 0.2) is 5.75 Å². The first-order valence-corrected chi connectivity index (χ1v) is 6.33. The van der Waals surface area contributed by atoms with Crippen LogP contribution < -0.4 is 14.5 Å². The number of aliphatic hydroxyl groups excluding tert-OH is 1. The summed E-state index contributed by atoms with van der Waals surface area (Å²) in [7, 11) is 0. The number of benzene rings is 2. The summed E-state index contributed by atoms with van der Waals surface area (Å²) in [5.41, 5.74) is 1.17. The van der Waals surface area contributed by atoms with Crippen LogP contribution in [-0.2, 0) is 11.4 Å². The lowest BCUT2D eigenvalue weighted by molar-refractivity contribution is -0.148. The molecule has 0 saturated heterocycles. The molecule has 6 heteroatoms. The van der Waals surface area contributed by atoms with E-state index in [4.69, 9.17) is 9.47 Å². The molecule has 2 aromatic carbocycles. The number of ether oxygens (including phenoxy) is 2. The molecule has 0 radical (unpaired) electrons. The van der Waals surface area contributed by atoms with Gasteiger partial charge in [0.25, 0.3) is 6.29 Å². The normalized spacial score (nSPS) is 17.1. The van der Waals surface area contributed by atoms with Gasteiger partial charge in [0.2, 0.25) is 0 Å². The topological polar surface area (TPSA) is 79.2 Å². The van der Waals surface area contributed by atoms with Crippen LogP contribution in [0.1, 0.15) is 5.56 Å². The Morgan fingerprint density at radius 3 is 2.71 bits per heavy atom. The second-order valence-corrected chi connectivity index (χ2v) is 4.52. The molecule has 1 atom stereocenters. The van der Waals surface area contributed by atoms with Gasteiger partial charge in [-0.05, 0) is 17.7 Å². The number of hydroxylamine groups is 1. The van der Waals surface area contributed by atoms with Gasteiger partial charge in [0.05, 0.1) is 0 Å². The van der Waals surface area contributed by atoms with Crippen molar-refractivity contribution in [2.75, 3.05) is 5.06 Å². The average Bonchev–Trinajstić information content (AvgIpc) is 2.51. The molecular weight excluding hydrogens is 274 g/mol. The summed E-state index contributed by atoms with van der Waals surface area (Å²) in [6.07, 6.45) is -1.72. The van der Waals surface area contributed by atoms with Crippen LogP contribution in [0.5, 0.6) is 11.5 Å². The van der Waals surface area contributed by atoms with Crippen molar-refractivity contribution in [1.29, 1.82) is 0 Å². The molecule has 1 aliphatic heterocycles. The van der Waals surface area contributed by atoms with Crippen molar-refractivity contribution in [2.45, 2.75) is 12.9 Å². The van der Waals surface area contributed by atoms with Crippen molar-refractivity contribution < 1.29 is 24.6 Å². The zero-order valence-corrected chi connectivity index (χ0v) is 11.0. The summed E-state index contributed by atoms with van der Waals surface area (Å²) in [4.78, 5) is 11.4. The highest BCUT2D eigenvalue weighted by atomic mass is 16.6. The molecule has 0 spiro atoms. The second kappa shape index (κ2) is 5.43. The van der Waals surface area contributed by atoms with Gasteiger partial charge in [-0.3, -0.25) is 10.0 Å². The van der Waals surface area contributed by atoms with E-state index in [0.717, 1.165) is 5.56 Å². The Balaban J connectivity index is 1.77. The maximum absolute atomic E-state index is 11.4. The van der Waals surface area contributed by atoms with E-state index in [1.807, 2.05) is 30.3 Å². The van der Waals surface area contributed by atoms with Crippen molar-refractivity contribution in [3.8, 4) is 11.5 Å². The van der Waals surface area contributed by atoms with Crippen LogP contribution in [0, 0.1) is 0 Å². The zero-order valence-electron chi connectivity index (χ0n) is 11.0. The molecular formula is C15H13NO5. The Hall–Kier alpha value is -2.57. The lowest BCUT2D eigenvalue weighted by Crippen LogP contribution is -2.43. The molecule has 1 unspecified atom stereocenters.